The molecule has 2 aromatic rings. The molecule has 0 aliphatic carbocycles. The molecule has 0 bridgehead atoms. The Kier molecular flexibility index (Phi) is 4.98. The Labute approximate surface area is 127 Å². The number of carboxylic acid groups (broad SMARTS) is 1. The predicted octanol–water partition coefficient (Wildman–Crippen LogP) is 2.04. The first-order valence-corrected chi connectivity index (χ1v) is 6.56. The lowest BCUT2D eigenvalue weighted by Crippen LogP contribution is -2.20. The molecule has 6 heteroatoms. The minimum Gasteiger partial charge on any atom is -0.506 e. The quantitative estimate of drug-likeness (QED) is 0.710. The summed E-state index contributed by atoms with van der Waals surface area (Å²) >= 11 is 0. The van der Waals surface area contributed by atoms with Crippen LogP contribution in [0, 0.1) is 0 Å². The number of carbonyl (C=O) groups is 2. The number of para-hydroxylation sites is 1. The molecule has 6 nitrogen and oxygen atoms in total. The molecule has 0 unspecified atom stereocenters. The van der Waals surface area contributed by atoms with E-state index in [9.17, 15) is 14.7 Å². The monoisotopic (exact) mass is 301 g/mol. The molecule has 2 aromatic carbocycles. The van der Waals surface area contributed by atoms with Crippen molar-refractivity contribution in [3.05, 3.63) is 54.1 Å². The van der Waals surface area contributed by atoms with Gasteiger partial charge in [-0.05, 0) is 29.8 Å². The van der Waals surface area contributed by atoms with Crippen molar-refractivity contribution >= 4 is 17.6 Å². The zero-order valence-electron chi connectivity index (χ0n) is 11.7. The number of phenolic OH excluding ortho intramolecular Hbond substituents is 1. The van der Waals surface area contributed by atoms with E-state index in [1.165, 1.54) is 18.2 Å². The lowest BCUT2D eigenvalue weighted by molar-refractivity contribution is -0.136. The highest BCUT2D eigenvalue weighted by Gasteiger charge is 2.10. The Morgan fingerprint density at radius 3 is 2.50 bits per heavy atom. The number of hydrogen-bond donors (Lipinski definition) is 3. The highest BCUT2D eigenvalue weighted by atomic mass is 16.5. The Morgan fingerprint density at radius 2 is 1.82 bits per heavy atom. The van der Waals surface area contributed by atoms with Gasteiger partial charge in [0.15, 0.2) is 6.61 Å². The third-order valence-corrected chi connectivity index (χ3v) is 2.80. The van der Waals surface area contributed by atoms with E-state index < -0.39 is 11.9 Å². The molecule has 0 aliphatic heterocycles. The van der Waals surface area contributed by atoms with Crippen molar-refractivity contribution in [2.45, 2.75) is 6.42 Å². The van der Waals surface area contributed by atoms with E-state index in [1.807, 2.05) is 6.07 Å². The second-order valence-electron chi connectivity index (χ2n) is 4.57. The summed E-state index contributed by atoms with van der Waals surface area (Å²) in [6.45, 7) is -0.216. The number of nitrogens with one attached hydrogen (secondary N) is 1. The zero-order chi connectivity index (χ0) is 15.9. The summed E-state index contributed by atoms with van der Waals surface area (Å²) < 4.78 is 5.29. The maximum Gasteiger partial charge on any atom is 0.307 e. The van der Waals surface area contributed by atoms with Gasteiger partial charge in [-0.1, -0.05) is 24.3 Å². The van der Waals surface area contributed by atoms with E-state index in [1.54, 1.807) is 24.3 Å². The number of ether oxygens (including phenoxy) is 1. The molecule has 0 atom stereocenters. The van der Waals surface area contributed by atoms with Crippen molar-refractivity contribution in [3.8, 4) is 11.5 Å². The van der Waals surface area contributed by atoms with Crippen LogP contribution in [0.15, 0.2) is 48.5 Å². The van der Waals surface area contributed by atoms with Crippen LogP contribution in [0.4, 0.5) is 5.69 Å². The van der Waals surface area contributed by atoms with Crippen molar-refractivity contribution in [3.63, 3.8) is 0 Å². The number of aliphatic carboxylic acids is 1. The number of hydrogen-bond acceptors (Lipinski definition) is 4. The molecule has 0 aromatic heterocycles. The summed E-state index contributed by atoms with van der Waals surface area (Å²) in [5, 5.41) is 20.9. The van der Waals surface area contributed by atoms with Gasteiger partial charge < -0.3 is 20.3 Å². The highest BCUT2D eigenvalue weighted by Crippen LogP contribution is 2.24. The third-order valence-electron chi connectivity index (χ3n) is 2.80. The topological polar surface area (TPSA) is 95.9 Å². The average molecular weight is 301 g/mol. The first-order chi connectivity index (χ1) is 10.5. The number of carbonyl (C=O) groups excluding carboxylic acids is 1. The minimum absolute atomic E-state index is 0.137. The summed E-state index contributed by atoms with van der Waals surface area (Å²) in [5.74, 6) is -1.02. The molecule has 22 heavy (non-hydrogen) atoms. The fraction of sp³-hybridized carbons (Fsp3) is 0.125. The Bertz CT molecular complexity index is 669. The molecule has 114 valence electrons. The molecule has 0 saturated heterocycles. The maximum absolute atomic E-state index is 11.8. The van der Waals surface area contributed by atoms with E-state index in [4.69, 9.17) is 9.84 Å². The van der Waals surface area contributed by atoms with Crippen molar-refractivity contribution < 1.29 is 24.5 Å². The standard InChI is InChI=1S/C16H15NO5/c18-14-7-6-11(9-16(20)21)8-13(14)17-15(19)10-22-12-4-2-1-3-5-12/h1-8,18H,9-10H2,(H,17,19)(H,20,21). The molecule has 0 saturated carbocycles. The summed E-state index contributed by atoms with van der Waals surface area (Å²) in [4.78, 5) is 22.5. The van der Waals surface area contributed by atoms with Gasteiger partial charge in [0.25, 0.3) is 5.91 Å². The Balaban J connectivity index is 1.97. The van der Waals surface area contributed by atoms with E-state index >= 15 is 0 Å². The number of anilines is 1. The smallest absolute Gasteiger partial charge is 0.307 e. The molecule has 3 N–H and O–H groups in total. The van der Waals surface area contributed by atoms with Crippen LogP contribution < -0.4 is 10.1 Å². The second kappa shape index (κ2) is 7.12. The minimum atomic E-state index is -0.990. The van der Waals surface area contributed by atoms with E-state index in [2.05, 4.69) is 5.32 Å². The van der Waals surface area contributed by atoms with Gasteiger partial charge in [-0.2, -0.15) is 0 Å². The maximum atomic E-state index is 11.8. The molecule has 0 heterocycles. The van der Waals surface area contributed by atoms with Crippen LogP contribution in [0.1, 0.15) is 5.56 Å². The van der Waals surface area contributed by atoms with Gasteiger partial charge in [0.05, 0.1) is 12.1 Å². The van der Waals surface area contributed by atoms with E-state index in [-0.39, 0.29) is 24.5 Å². The first-order valence-electron chi connectivity index (χ1n) is 6.56. The summed E-state index contributed by atoms with van der Waals surface area (Å²) in [7, 11) is 0. The molecule has 1 amide bonds. The van der Waals surface area contributed by atoms with Crippen molar-refractivity contribution in [2.75, 3.05) is 11.9 Å². The van der Waals surface area contributed by atoms with Crippen LogP contribution in [0.25, 0.3) is 0 Å². The molecule has 2 rings (SSSR count). The number of carboxylic acids is 1. The SMILES string of the molecule is O=C(O)Cc1ccc(O)c(NC(=O)COc2ccccc2)c1. The van der Waals surface area contributed by atoms with Gasteiger partial charge in [0.1, 0.15) is 11.5 Å². The summed E-state index contributed by atoms with van der Waals surface area (Å²) in [6, 6.07) is 13.1. The fourth-order valence-corrected chi connectivity index (χ4v) is 1.82. The lowest BCUT2D eigenvalue weighted by atomic mass is 10.1. The van der Waals surface area contributed by atoms with Crippen LogP contribution in [0.3, 0.4) is 0 Å². The molecular weight excluding hydrogens is 286 g/mol. The van der Waals surface area contributed by atoms with Crippen molar-refractivity contribution in [1.29, 1.82) is 0 Å². The summed E-state index contributed by atoms with van der Waals surface area (Å²) in [6.07, 6.45) is -0.191. The summed E-state index contributed by atoms with van der Waals surface area (Å²) in [5.41, 5.74) is 0.630. The molecular formula is C16H15NO5. The largest absolute Gasteiger partial charge is 0.506 e. The van der Waals surface area contributed by atoms with Crippen molar-refractivity contribution in [1.82, 2.24) is 0 Å². The third kappa shape index (κ3) is 4.52. The van der Waals surface area contributed by atoms with Gasteiger partial charge in [-0.25, -0.2) is 0 Å². The first kappa shape index (κ1) is 15.4. The Hall–Kier alpha value is -3.02. The van der Waals surface area contributed by atoms with Crippen LogP contribution in [-0.4, -0.2) is 28.7 Å². The van der Waals surface area contributed by atoms with Gasteiger partial charge in [-0.15, -0.1) is 0 Å². The van der Waals surface area contributed by atoms with Crippen LogP contribution in [-0.2, 0) is 16.0 Å². The Morgan fingerprint density at radius 1 is 1.09 bits per heavy atom. The van der Waals surface area contributed by atoms with Crippen LogP contribution in [0.5, 0.6) is 11.5 Å². The lowest BCUT2D eigenvalue weighted by Gasteiger charge is -2.10. The highest BCUT2D eigenvalue weighted by molar-refractivity contribution is 5.93. The fourth-order valence-electron chi connectivity index (χ4n) is 1.82. The second-order valence-corrected chi connectivity index (χ2v) is 4.57. The van der Waals surface area contributed by atoms with Crippen LogP contribution in [0.2, 0.25) is 0 Å². The average Bonchev–Trinajstić information content (AvgIpc) is 2.49. The number of rotatable bonds is 6. The predicted molar refractivity (Wildman–Crippen MR) is 80.0 cm³/mol. The number of amides is 1. The number of phenols is 1. The van der Waals surface area contributed by atoms with Gasteiger partial charge in [0.2, 0.25) is 0 Å². The normalized spacial score (nSPS) is 10.0. The van der Waals surface area contributed by atoms with E-state index in [0.717, 1.165) is 0 Å². The van der Waals surface area contributed by atoms with Gasteiger partial charge >= 0.3 is 5.97 Å². The van der Waals surface area contributed by atoms with Gasteiger partial charge in [-0.3, -0.25) is 9.59 Å². The van der Waals surface area contributed by atoms with Crippen molar-refractivity contribution in [2.24, 2.45) is 0 Å². The molecule has 0 fully saturated rings. The van der Waals surface area contributed by atoms with Crippen LogP contribution >= 0.6 is 0 Å². The molecule has 0 spiro atoms. The zero-order valence-corrected chi connectivity index (χ0v) is 11.7. The molecule has 0 radical (unpaired) electrons. The van der Waals surface area contributed by atoms with Gasteiger partial charge in [0, 0.05) is 0 Å². The number of aromatic hydroxyl groups is 1. The van der Waals surface area contributed by atoms with E-state index in [0.29, 0.717) is 11.3 Å². The number of benzene rings is 2. The molecule has 0 aliphatic rings.